The van der Waals surface area contributed by atoms with Gasteiger partial charge in [0.1, 0.15) is 0 Å². The van der Waals surface area contributed by atoms with Crippen LogP contribution in [0.25, 0.3) is 16.8 Å². The summed E-state index contributed by atoms with van der Waals surface area (Å²) < 4.78 is 7.40. The van der Waals surface area contributed by atoms with E-state index < -0.39 is 0 Å². The number of anilines is 1. The maximum absolute atomic E-state index is 9.13. The molecule has 1 saturated carbocycles. The Bertz CT molecular complexity index is 1090. The third kappa shape index (κ3) is 2.66. The molecule has 0 aromatic carbocycles. The van der Waals surface area contributed by atoms with E-state index in [2.05, 4.69) is 38.3 Å². The average Bonchev–Trinajstić information content (AvgIpc) is 3.37. The lowest BCUT2D eigenvalue weighted by molar-refractivity contribution is 0.0439. The molecule has 29 heavy (non-hydrogen) atoms. The summed E-state index contributed by atoms with van der Waals surface area (Å²) in [7, 11) is 0. The van der Waals surface area contributed by atoms with E-state index in [4.69, 9.17) is 9.78 Å². The Hall–Kier alpha value is -2.85. The van der Waals surface area contributed by atoms with Crippen LogP contribution in [0, 0.1) is 24.2 Å². The molecular weight excluding hydrogens is 364 g/mol. The number of nitriles is 1. The van der Waals surface area contributed by atoms with Crippen molar-refractivity contribution in [1.29, 1.82) is 5.26 Å². The number of aryl methyl sites for hydroxylation is 1. The van der Waals surface area contributed by atoms with Crippen LogP contribution < -0.4 is 4.90 Å². The normalized spacial score (nSPS) is 29.2. The maximum atomic E-state index is 9.13. The van der Waals surface area contributed by atoms with Gasteiger partial charge in [0, 0.05) is 61.2 Å². The third-order valence-corrected chi connectivity index (χ3v) is 7.00. The molecule has 7 nitrogen and oxygen atoms in total. The van der Waals surface area contributed by atoms with Crippen LogP contribution in [0.1, 0.15) is 31.4 Å². The Kier molecular flexibility index (Phi) is 3.72. The fraction of sp³-hybridized carbons (Fsp3) is 0.500. The Labute approximate surface area is 169 Å². The zero-order valence-corrected chi connectivity index (χ0v) is 16.5. The monoisotopic (exact) mass is 388 g/mol. The molecule has 0 spiro atoms. The van der Waals surface area contributed by atoms with Gasteiger partial charge in [-0.3, -0.25) is 4.90 Å². The van der Waals surface area contributed by atoms with Gasteiger partial charge in [-0.15, -0.1) is 0 Å². The van der Waals surface area contributed by atoms with Gasteiger partial charge in [0.25, 0.3) is 0 Å². The highest BCUT2D eigenvalue weighted by Crippen LogP contribution is 2.42. The highest BCUT2D eigenvalue weighted by Gasteiger charge is 2.47. The molecule has 148 valence electrons. The summed E-state index contributed by atoms with van der Waals surface area (Å²) in [5, 5.41) is 17.7. The fourth-order valence-electron chi connectivity index (χ4n) is 5.57. The molecule has 7 heteroatoms. The Morgan fingerprint density at radius 1 is 1.14 bits per heavy atom. The van der Waals surface area contributed by atoms with Crippen molar-refractivity contribution in [2.75, 3.05) is 18.0 Å². The molecule has 2 bridgehead atoms. The van der Waals surface area contributed by atoms with Crippen molar-refractivity contribution >= 4 is 11.2 Å². The molecule has 3 aliphatic rings. The molecule has 2 aliphatic heterocycles. The van der Waals surface area contributed by atoms with Crippen LogP contribution in [0.3, 0.4) is 0 Å². The van der Waals surface area contributed by atoms with Crippen molar-refractivity contribution in [3.63, 3.8) is 0 Å². The number of nitrogens with zero attached hydrogens (tertiary/aromatic N) is 6. The minimum atomic E-state index is 0.274. The van der Waals surface area contributed by atoms with Gasteiger partial charge in [-0.2, -0.15) is 10.4 Å². The van der Waals surface area contributed by atoms with E-state index in [1.165, 1.54) is 18.5 Å². The van der Waals surface area contributed by atoms with E-state index >= 15 is 0 Å². The molecule has 2 saturated heterocycles. The molecule has 2 atom stereocenters. The first kappa shape index (κ1) is 17.0. The molecule has 0 amide bonds. The van der Waals surface area contributed by atoms with Crippen LogP contribution >= 0.6 is 0 Å². The molecular formula is C22H24N6O. The van der Waals surface area contributed by atoms with Gasteiger partial charge in [0.2, 0.25) is 0 Å². The Morgan fingerprint density at radius 3 is 2.62 bits per heavy atom. The number of aromatic nitrogens is 3. The van der Waals surface area contributed by atoms with Crippen LogP contribution in [0.4, 0.5) is 5.69 Å². The molecule has 0 radical (unpaired) electrons. The minimum absolute atomic E-state index is 0.274. The van der Waals surface area contributed by atoms with Crippen LogP contribution in [-0.2, 0) is 0 Å². The first-order chi connectivity index (χ1) is 14.2. The zero-order chi connectivity index (χ0) is 19.5. The minimum Gasteiger partial charge on any atom is -0.367 e. The van der Waals surface area contributed by atoms with E-state index in [-0.39, 0.29) is 5.92 Å². The summed E-state index contributed by atoms with van der Waals surface area (Å²) in [6.45, 7) is 4.03. The van der Waals surface area contributed by atoms with E-state index in [0.717, 1.165) is 48.5 Å². The van der Waals surface area contributed by atoms with Crippen molar-refractivity contribution in [3.8, 4) is 17.4 Å². The summed E-state index contributed by atoms with van der Waals surface area (Å²) in [4.78, 5) is 5.27. The Balaban J connectivity index is 1.28. The van der Waals surface area contributed by atoms with E-state index in [1.807, 2.05) is 29.9 Å². The van der Waals surface area contributed by atoms with E-state index in [0.29, 0.717) is 18.1 Å². The lowest BCUT2D eigenvalue weighted by atomic mass is 9.79. The van der Waals surface area contributed by atoms with Gasteiger partial charge in [0.05, 0.1) is 23.0 Å². The topological polar surface area (TPSA) is 73.6 Å². The molecule has 3 aromatic rings. The van der Waals surface area contributed by atoms with E-state index in [9.17, 15) is 0 Å². The predicted molar refractivity (Wildman–Crippen MR) is 108 cm³/mol. The molecule has 3 aromatic heterocycles. The quantitative estimate of drug-likeness (QED) is 0.686. The summed E-state index contributed by atoms with van der Waals surface area (Å²) in [6, 6.07) is 10.5. The van der Waals surface area contributed by atoms with Crippen molar-refractivity contribution in [2.24, 2.45) is 5.92 Å². The number of rotatable bonds is 3. The van der Waals surface area contributed by atoms with Crippen molar-refractivity contribution in [2.45, 2.75) is 50.7 Å². The number of piperazine rings is 1. The largest absolute Gasteiger partial charge is 0.367 e. The second kappa shape index (κ2) is 6.33. The first-order valence-electron chi connectivity index (χ1n) is 10.5. The van der Waals surface area contributed by atoms with Gasteiger partial charge in [-0.05, 0) is 44.7 Å². The fourth-order valence-corrected chi connectivity index (χ4v) is 5.57. The van der Waals surface area contributed by atoms with Crippen molar-refractivity contribution in [1.82, 2.24) is 19.7 Å². The highest BCUT2D eigenvalue weighted by molar-refractivity contribution is 5.78. The van der Waals surface area contributed by atoms with Gasteiger partial charge in [-0.1, -0.05) is 5.16 Å². The molecule has 0 N–H and O–H groups in total. The van der Waals surface area contributed by atoms with Gasteiger partial charge < -0.3 is 9.42 Å². The molecule has 5 heterocycles. The van der Waals surface area contributed by atoms with Gasteiger partial charge in [0.15, 0.2) is 5.76 Å². The molecule has 3 fully saturated rings. The second-order valence-electron chi connectivity index (χ2n) is 8.80. The summed E-state index contributed by atoms with van der Waals surface area (Å²) in [5.41, 5.74) is 4.23. The van der Waals surface area contributed by atoms with Crippen LogP contribution in [0.5, 0.6) is 0 Å². The third-order valence-electron chi connectivity index (χ3n) is 7.00. The lowest BCUT2D eigenvalue weighted by Gasteiger charge is -2.49. The average molecular weight is 388 g/mol. The van der Waals surface area contributed by atoms with Gasteiger partial charge in [-0.25, -0.2) is 4.52 Å². The summed E-state index contributed by atoms with van der Waals surface area (Å²) in [6.07, 6.45) is 8.54. The van der Waals surface area contributed by atoms with E-state index in [1.54, 1.807) is 0 Å². The Morgan fingerprint density at radius 2 is 1.93 bits per heavy atom. The highest BCUT2D eigenvalue weighted by atomic mass is 16.5. The number of hydrogen-bond acceptors (Lipinski definition) is 6. The molecule has 1 aliphatic carbocycles. The second-order valence-corrected chi connectivity index (χ2v) is 8.80. The number of hydrogen-bond donors (Lipinski definition) is 0. The SMILES string of the molecule is Cc1cc(-c2cc3c(N4CC5CCC(C4)N5C4CC(C#N)C4)ccnn3c2)on1. The zero-order valence-electron chi connectivity index (χ0n) is 16.5. The van der Waals surface area contributed by atoms with Crippen molar-refractivity contribution < 1.29 is 4.52 Å². The number of fused-ring (bicyclic) bond motifs is 3. The van der Waals surface area contributed by atoms with Crippen LogP contribution in [-0.4, -0.2) is 50.9 Å². The first-order valence-corrected chi connectivity index (χ1v) is 10.5. The van der Waals surface area contributed by atoms with Crippen molar-refractivity contribution in [3.05, 3.63) is 36.3 Å². The lowest BCUT2D eigenvalue weighted by Crippen LogP contribution is -2.60. The van der Waals surface area contributed by atoms with Crippen LogP contribution in [0.15, 0.2) is 35.1 Å². The predicted octanol–water partition coefficient (Wildman–Crippen LogP) is 3.25. The smallest absolute Gasteiger partial charge is 0.168 e. The van der Waals surface area contributed by atoms with Crippen LogP contribution in [0.2, 0.25) is 0 Å². The molecule has 2 unspecified atom stereocenters. The summed E-state index contributed by atoms with van der Waals surface area (Å²) >= 11 is 0. The van der Waals surface area contributed by atoms with Gasteiger partial charge >= 0.3 is 0 Å². The molecule has 6 rings (SSSR count). The maximum Gasteiger partial charge on any atom is 0.168 e. The summed E-state index contributed by atoms with van der Waals surface area (Å²) in [5.74, 6) is 1.05. The standard InChI is InChI=1S/C22H24N6O/c1-14-6-22(29-25-14)16-9-21-20(4-5-24-27(21)11-16)26-12-17-2-3-18(13-26)28(17)19-7-15(8-19)10-23/h4-6,9,11,15,17-19H,2-3,7-8,12-13H2,1H3.